The first-order valence-corrected chi connectivity index (χ1v) is 17.1. The number of halogens is 5. The highest BCUT2D eigenvalue weighted by Crippen LogP contribution is 2.52. The number of aryl methyl sites for hydroxylation is 2. The van der Waals surface area contributed by atoms with Crippen LogP contribution < -0.4 is 10.9 Å². The molecule has 5 rings (SSSR count). The Balaban J connectivity index is 1.53. The van der Waals surface area contributed by atoms with Crippen LogP contribution in [0.25, 0.3) is 11.1 Å². The summed E-state index contributed by atoms with van der Waals surface area (Å²) in [6.45, 7) is 8.79. The van der Waals surface area contributed by atoms with E-state index < -0.39 is 59.3 Å². The standard InChI is InChI=1S/C39H42F5N3O4/c1-6-25-16-27(35-23(4)14-28(40)15-24(35)5)17-29(36(25)41)31(19-34(49)50)45-37(51)32(13-22(2)3)47-20-26(30(18-33(47)48)39(42,43)44)7-11-46-12-10-38(21-46)8-9-38/h1,14-18,20,22,31-32H,7-13,19,21H2,2-5H3,(H,45,51)(H,49,50)/t31-,32+/m1/s1. The molecule has 1 aromatic heterocycles. The molecule has 2 fully saturated rings. The Kier molecular flexibility index (Phi) is 10.8. The van der Waals surface area contributed by atoms with Gasteiger partial charge in [0, 0.05) is 30.9 Å². The average molecular weight is 712 g/mol. The molecule has 1 aliphatic heterocycles. The molecule has 1 saturated heterocycles. The summed E-state index contributed by atoms with van der Waals surface area (Å²) in [4.78, 5) is 41.7. The number of carboxylic acid groups (broad SMARTS) is 1. The minimum atomic E-state index is -4.81. The minimum absolute atomic E-state index is 0.00204. The molecule has 51 heavy (non-hydrogen) atoms. The summed E-state index contributed by atoms with van der Waals surface area (Å²) >= 11 is 0. The topological polar surface area (TPSA) is 91.6 Å². The lowest BCUT2D eigenvalue weighted by atomic mass is 9.90. The number of nitrogens with zero attached hydrogens (tertiary/aromatic N) is 2. The van der Waals surface area contributed by atoms with Gasteiger partial charge in [0.05, 0.1) is 23.6 Å². The fourth-order valence-corrected chi connectivity index (χ4v) is 7.37. The Morgan fingerprint density at radius 3 is 2.27 bits per heavy atom. The monoisotopic (exact) mass is 711 g/mol. The number of hydrogen-bond acceptors (Lipinski definition) is 4. The molecule has 0 radical (unpaired) electrons. The van der Waals surface area contributed by atoms with Crippen LogP contribution in [0.3, 0.4) is 0 Å². The molecule has 12 heteroatoms. The SMILES string of the molecule is C#Cc1cc(-c2c(C)cc(F)cc2C)cc([C@@H](CC(=O)O)NC(=O)[C@H](CC(C)C)n2cc(CCN3CCC4(CC4)C3)c(C(F)(F)F)cc2=O)c1F. The first-order valence-electron chi connectivity index (χ1n) is 17.1. The third kappa shape index (κ3) is 8.52. The van der Waals surface area contributed by atoms with E-state index >= 15 is 4.39 Å². The van der Waals surface area contributed by atoms with Crippen LogP contribution in [0, 0.1) is 49.2 Å². The van der Waals surface area contributed by atoms with Gasteiger partial charge in [-0.15, -0.1) is 6.42 Å². The number of hydrogen-bond donors (Lipinski definition) is 2. The van der Waals surface area contributed by atoms with Gasteiger partial charge in [-0.2, -0.15) is 13.2 Å². The van der Waals surface area contributed by atoms with E-state index in [1.165, 1.54) is 24.3 Å². The first-order chi connectivity index (χ1) is 23.9. The highest BCUT2D eigenvalue weighted by molar-refractivity contribution is 5.82. The smallest absolute Gasteiger partial charge is 0.416 e. The van der Waals surface area contributed by atoms with E-state index in [4.69, 9.17) is 6.42 Å². The van der Waals surface area contributed by atoms with Gasteiger partial charge in [0.15, 0.2) is 0 Å². The largest absolute Gasteiger partial charge is 0.481 e. The number of carbonyl (C=O) groups excluding carboxylic acids is 1. The fraction of sp³-hybridized carbons (Fsp3) is 0.462. The van der Waals surface area contributed by atoms with Crippen molar-refractivity contribution in [1.82, 2.24) is 14.8 Å². The van der Waals surface area contributed by atoms with Gasteiger partial charge < -0.3 is 19.9 Å². The zero-order valence-electron chi connectivity index (χ0n) is 29.1. The molecule has 2 aliphatic rings. The predicted octanol–water partition coefficient (Wildman–Crippen LogP) is 7.36. The van der Waals surface area contributed by atoms with Gasteiger partial charge in [0.25, 0.3) is 5.56 Å². The summed E-state index contributed by atoms with van der Waals surface area (Å²) in [6, 6.07) is 2.97. The van der Waals surface area contributed by atoms with Crippen molar-refractivity contribution in [3.8, 4) is 23.5 Å². The van der Waals surface area contributed by atoms with Gasteiger partial charge in [-0.1, -0.05) is 19.8 Å². The molecule has 1 aliphatic carbocycles. The number of rotatable bonds is 12. The van der Waals surface area contributed by atoms with E-state index in [9.17, 15) is 37.1 Å². The number of carboxylic acids is 1. The number of alkyl halides is 3. The highest BCUT2D eigenvalue weighted by Gasteiger charge is 2.47. The fourth-order valence-electron chi connectivity index (χ4n) is 7.37. The third-order valence-corrected chi connectivity index (χ3v) is 10.1. The Labute approximate surface area is 293 Å². The zero-order chi connectivity index (χ0) is 37.4. The van der Waals surface area contributed by atoms with Crippen LogP contribution >= 0.6 is 0 Å². The molecule has 272 valence electrons. The Hall–Kier alpha value is -4.50. The number of amides is 1. The molecule has 2 heterocycles. The van der Waals surface area contributed by atoms with Crippen molar-refractivity contribution in [2.24, 2.45) is 11.3 Å². The second-order valence-electron chi connectivity index (χ2n) is 14.5. The van der Waals surface area contributed by atoms with Gasteiger partial charge in [0.1, 0.15) is 17.7 Å². The molecule has 1 amide bonds. The van der Waals surface area contributed by atoms with E-state index in [1.807, 2.05) is 0 Å². The zero-order valence-corrected chi connectivity index (χ0v) is 29.1. The van der Waals surface area contributed by atoms with Crippen molar-refractivity contribution < 1.29 is 36.6 Å². The quantitative estimate of drug-likeness (QED) is 0.151. The van der Waals surface area contributed by atoms with Crippen LogP contribution in [0.4, 0.5) is 22.0 Å². The van der Waals surface area contributed by atoms with Crippen molar-refractivity contribution in [2.45, 2.75) is 84.5 Å². The summed E-state index contributed by atoms with van der Waals surface area (Å²) in [5.74, 6) is -1.67. The molecule has 2 atom stereocenters. The number of benzene rings is 2. The molecular formula is C39H42F5N3O4. The van der Waals surface area contributed by atoms with Crippen LogP contribution in [0.15, 0.2) is 41.3 Å². The normalized spacial score (nSPS) is 16.6. The summed E-state index contributed by atoms with van der Waals surface area (Å²) < 4.78 is 73.6. The molecule has 0 bridgehead atoms. The number of terminal acetylenes is 1. The Morgan fingerprint density at radius 1 is 1.06 bits per heavy atom. The van der Waals surface area contributed by atoms with Gasteiger partial charge in [-0.3, -0.25) is 14.4 Å². The maximum Gasteiger partial charge on any atom is 0.416 e. The van der Waals surface area contributed by atoms with Crippen molar-refractivity contribution >= 4 is 11.9 Å². The molecular weight excluding hydrogens is 669 g/mol. The lowest BCUT2D eigenvalue weighted by Gasteiger charge is -2.27. The van der Waals surface area contributed by atoms with Crippen molar-refractivity contribution in [3.63, 3.8) is 0 Å². The van der Waals surface area contributed by atoms with Crippen molar-refractivity contribution in [1.29, 1.82) is 0 Å². The number of aromatic nitrogens is 1. The number of likely N-dealkylation sites (tertiary alicyclic amines) is 1. The second-order valence-corrected chi connectivity index (χ2v) is 14.5. The van der Waals surface area contributed by atoms with Crippen molar-refractivity contribution in [3.05, 3.63) is 91.9 Å². The summed E-state index contributed by atoms with van der Waals surface area (Å²) in [5, 5.41) is 12.4. The van der Waals surface area contributed by atoms with Crippen LogP contribution in [-0.2, 0) is 22.2 Å². The van der Waals surface area contributed by atoms with E-state index in [1.54, 1.807) is 27.7 Å². The summed E-state index contributed by atoms with van der Waals surface area (Å²) in [6.07, 6.45) is 4.36. The molecule has 1 spiro atoms. The maximum absolute atomic E-state index is 15.9. The van der Waals surface area contributed by atoms with Crippen molar-refractivity contribution in [2.75, 3.05) is 19.6 Å². The molecule has 2 aromatic carbocycles. The van der Waals surface area contributed by atoms with Crippen LogP contribution in [-0.4, -0.2) is 46.1 Å². The lowest BCUT2D eigenvalue weighted by Crippen LogP contribution is -2.41. The predicted molar refractivity (Wildman–Crippen MR) is 183 cm³/mol. The maximum atomic E-state index is 15.9. The molecule has 1 saturated carbocycles. The van der Waals surface area contributed by atoms with E-state index in [0.29, 0.717) is 34.9 Å². The molecule has 0 unspecified atom stereocenters. The van der Waals surface area contributed by atoms with Gasteiger partial charge in [-0.05, 0) is 116 Å². The van der Waals surface area contributed by atoms with Crippen LogP contribution in [0.5, 0.6) is 0 Å². The molecule has 2 N–H and O–H groups in total. The second kappa shape index (κ2) is 14.6. The Morgan fingerprint density at radius 2 is 1.73 bits per heavy atom. The van der Waals surface area contributed by atoms with Gasteiger partial charge in [0.2, 0.25) is 5.91 Å². The van der Waals surface area contributed by atoms with E-state index in [-0.39, 0.29) is 40.9 Å². The number of pyridine rings is 1. The van der Waals surface area contributed by atoms with Crippen LogP contribution in [0.2, 0.25) is 0 Å². The minimum Gasteiger partial charge on any atom is -0.481 e. The molecule has 7 nitrogen and oxygen atoms in total. The molecule has 3 aromatic rings. The summed E-state index contributed by atoms with van der Waals surface area (Å²) in [7, 11) is 0. The summed E-state index contributed by atoms with van der Waals surface area (Å²) in [5.41, 5.74) is -0.515. The van der Waals surface area contributed by atoms with Gasteiger partial charge in [-0.25, -0.2) is 8.78 Å². The van der Waals surface area contributed by atoms with Crippen LogP contribution in [0.1, 0.15) is 91.4 Å². The first kappa shape index (κ1) is 37.7. The number of aliphatic carboxylic acids is 1. The van der Waals surface area contributed by atoms with Gasteiger partial charge >= 0.3 is 12.1 Å². The number of nitrogens with one attached hydrogen (secondary N) is 1. The number of carbonyl (C=O) groups is 2. The Bertz CT molecular complexity index is 1920. The highest BCUT2D eigenvalue weighted by atomic mass is 19.4. The lowest BCUT2D eigenvalue weighted by molar-refractivity contribution is -0.139. The van der Waals surface area contributed by atoms with E-state index in [0.717, 1.165) is 43.1 Å². The van der Waals surface area contributed by atoms with E-state index in [2.05, 4.69) is 16.1 Å². The average Bonchev–Trinajstić information content (AvgIpc) is 3.67. The third-order valence-electron chi connectivity index (χ3n) is 10.1.